The molecule has 1 heterocycles. The third kappa shape index (κ3) is 3.35. The zero-order chi connectivity index (χ0) is 14.7. The number of halogens is 1. The lowest BCUT2D eigenvalue weighted by atomic mass is 9.94. The first-order valence-electron chi connectivity index (χ1n) is 7.43. The minimum atomic E-state index is -0.0156. The van der Waals surface area contributed by atoms with Crippen molar-refractivity contribution in [1.82, 2.24) is 9.55 Å². The van der Waals surface area contributed by atoms with Crippen LogP contribution in [0.3, 0.4) is 0 Å². The molecule has 1 aromatic rings. The lowest BCUT2D eigenvalue weighted by molar-refractivity contribution is 0.430. The number of alkyl halides is 1. The van der Waals surface area contributed by atoms with E-state index in [1.165, 1.54) is 12.8 Å². The van der Waals surface area contributed by atoms with Crippen molar-refractivity contribution in [2.45, 2.75) is 57.5 Å². The molecule has 0 amide bonds. The largest absolute Gasteiger partial charge is 0.351 e. The summed E-state index contributed by atoms with van der Waals surface area (Å²) in [5.41, 5.74) is -0.0156. The quantitative estimate of drug-likeness (QED) is 0.802. The van der Waals surface area contributed by atoms with E-state index in [4.69, 9.17) is 11.6 Å². The highest BCUT2D eigenvalue weighted by Gasteiger charge is 2.28. The number of hydrogen-bond donors (Lipinski definition) is 0. The molecule has 0 aromatic carbocycles. The Kier molecular flexibility index (Phi) is 5.08. The number of hydrogen-bond acceptors (Lipinski definition) is 3. The van der Waals surface area contributed by atoms with Gasteiger partial charge in [0, 0.05) is 32.0 Å². The number of aromatic nitrogens is 2. The van der Waals surface area contributed by atoms with Crippen molar-refractivity contribution in [3.63, 3.8) is 0 Å². The highest BCUT2D eigenvalue weighted by molar-refractivity contribution is 6.21. The van der Waals surface area contributed by atoms with E-state index >= 15 is 0 Å². The van der Waals surface area contributed by atoms with Crippen LogP contribution in [0.5, 0.6) is 0 Å². The minimum absolute atomic E-state index is 0.0156. The molecule has 2 unspecified atom stereocenters. The predicted molar refractivity (Wildman–Crippen MR) is 83.6 cm³/mol. The van der Waals surface area contributed by atoms with Crippen molar-refractivity contribution in [3.05, 3.63) is 22.7 Å². The van der Waals surface area contributed by atoms with E-state index < -0.39 is 0 Å². The maximum absolute atomic E-state index is 12.5. The van der Waals surface area contributed by atoms with Crippen LogP contribution in [0.1, 0.15) is 39.5 Å². The minimum Gasteiger partial charge on any atom is -0.351 e. The second kappa shape index (κ2) is 6.61. The molecule has 4 nitrogen and oxygen atoms in total. The molecule has 1 aromatic heterocycles. The molecular weight excluding hydrogens is 274 g/mol. The first-order valence-corrected chi connectivity index (χ1v) is 7.86. The predicted octanol–water partition coefficient (Wildman–Crippen LogP) is 2.89. The second-order valence-electron chi connectivity index (χ2n) is 6.08. The number of rotatable bonds is 4. The molecule has 20 heavy (non-hydrogen) atoms. The number of nitrogens with zero attached hydrogens (tertiary/aromatic N) is 3. The van der Waals surface area contributed by atoms with Crippen molar-refractivity contribution in [1.29, 1.82) is 0 Å². The zero-order valence-electron chi connectivity index (χ0n) is 12.6. The molecule has 1 aliphatic carbocycles. The van der Waals surface area contributed by atoms with Crippen LogP contribution >= 0.6 is 11.6 Å². The van der Waals surface area contributed by atoms with Crippen molar-refractivity contribution in [2.24, 2.45) is 5.92 Å². The van der Waals surface area contributed by atoms with E-state index in [9.17, 15) is 4.79 Å². The van der Waals surface area contributed by atoms with Gasteiger partial charge in [0.05, 0.1) is 5.38 Å². The molecule has 1 fully saturated rings. The number of anilines is 1. The van der Waals surface area contributed by atoms with E-state index in [2.05, 4.69) is 18.8 Å². The lowest BCUT2D eigenvalue weighted by Crippen LogP contribution is -2.44. The van der Waals surface area contributed by atoms with Crippen molar-refractivity contribution in [2.75, 3.05) is 11.9 Å². The Bertz CT molecular complexity index is 500. The van der Waals surface area contributed by atoms with E-state index in [1.54, 1.807) is 17.0 Å². The summed E-state index contributed by atoms with van der Waals surface area (Å²) in [7, 11) is 1.94. The summed E-state index contributed by atoms with van der Waals surface area (Å²) in [5.74, 6) is 0.953. The molecule has 0 aliphatic heterocycles. The van der Waals surface area contributed by atoms with Gasteiger partial charge in [-0.05, 0) is 18.8 Å². The van der Waals surface area contributed by atoms with Crippen molar-refractivity contribution >= 4 is 17.4 Å². The summed E-state index contributed by atoms with van der Waals surface area (Å²) in [6.07, 6.45) is 7.87. The molecule has 0 bridgehead atoms. The van der Waals surface area contributed by atoms with Gasteiger partial charge in [-0.25, -0.2) is 4.98 Å². The van der Waals surface area contributed by atoms with Crippen LogP contribution in [0.15, 0.2) is 17.2 Å². The Balaban J connectivity index is 2.25. The summed E-state index contributed by atoms with van der Waals surface area (Å²) >= 11 is 6.43. The summed E-state index contributed by atoms with van der Waals surface area (Å²) in [5, 5.41) is 0.105. The molecule has 112 valence electrons. The van der Waals surface area contributed by atoms with Crippen LogP contribution in [0.2, 0.25) is 0 Å². The third-order valence-electron chi connectivity index (χ3n) is 3.94. The van der Waals surface area contributed by atoms with Gasteiger partial charge >= 0.3 is 0 Å². The van der Waals surface area contributed by atoms with Crippen LogP contribution in [0.4, 0.5) is 5.82 Å². The fraction of sp³-hybridized carbons (Fsp3) is 0.733. The van der Waals surface area contributed by atoms with Gasteiger partial charge < -0.3 is 9.47 Å². The molecule has 0 N–H and O–H groups in total. The van der Waals surface area contributed by atoms with Crippen LogP contribution < -0.4 is 10.5 Å². The molecule has 2 rings (SSSR count). The normalized spacial score (nSPS) is 23.1. The Morgan fingerprint density at radius 2 is 2.15 bits per heavy atom. The highest BCUT2D eigenvalue weighted by atomic mass is 35.5. The third-order valence-corrected chi connectivity index (χ3v) is 4.45. The summed E-state index contributed by atoms with van der Waals surface area (Å²) in [6, 6.07) is 0.209. The second-order valence-corrected chi connectivity index (χ2v) is 6.64. The summed E-state index contributed by atoms with van der Waals surface area (Å²) in [4.78, 5) is 18.8. The van der Waals surface area contributed by atoms with E-state index in [-0.39, 0.29) is 17.0 Å². The van der Waals surface area contributed by atoms with Gasteiger partial charge in [-0.1, -0.05) is 26.7 Å². The van der Waals surface area contributed by atoms with E-state index in [0.717, 1.165) is 19.4 Å². The Hall–Kier alpha value is -1.03. The average molecular weight is 298 g/mol. The SMILES string of the molecule is CC(C)Cn1ccnc(N(C)C2CCCCC2Cl)c1=O. The smallest absolute Gasteiger partial charge is 0.293 e. The van der Waals surface area contributed by atoms with Crippen LogP contribution in [-0.2, 0) is 6.54 Å². The van der Waals surface area contributed by atoms with Crippen molar-refractivity contribution < 1.29 is 0 Å². The molecule has 0 spiro atoms. The van der Waals surface area contributed by atoms with Gasteiger partial charge in [-0.2, -0.15) is 0 Å². The fourth-order valence-corrected chi connectivity index (χ4v) is 3.32. The van der Waals surface area contributed by atoms with Gasteiger partial charge in [0.1, 0.15) is 0 Å². The molecule has 1 saturated carbocycles. The highest BCUT2D eigenvalue weighted by Crippen LogP contribution is 2.27. The van der Waals surface area contributed by atoms with E-state index in [1.807, 2.05) is 11.9 Å². The maximum atomic E-state index is 12.5. The molecule has 2 atom stereocenters. The van der Waals surface area contributed by atoms with Crippen LogP contribution in [0, 0.1) is 5.92 Å². The first kappa shape index (κ1) is 15.4. The Morgan fingerprint density at radius 1 is 1.45 bits per heavy atom. The van der Waals surface area contributed by atoms with E-state index in [0.29, 0.717) is 11.7 Å². The zero-order valence-corrected chi connectivity index (χ0v) is 13.3. The summed E-state index contributed by atoms with van der Waals surface area (Å²) < 4.78 is 1.75. The van der Waals surface area contributed by atoms with Crippen LogP contribution in [-0.4, -0.2) is 28.0 Å². The molecular formula is C15H24ClN3O. The lowest BCUT2D eigenvalue weighted by Gasteiger charge is -2.35. The summed E-state index contributed by atoms with van der Waals surface area (Å²) in [6.45, 7) is 4.93. The molecule has 5 heteroatoms. The molecule has 0 saturated heterocycles. The molecule has 0 radical (unpaired) electrons. The Labute approximate surface area is 125 Å². The van der Waals surface area contributed by atoms with Crippen molar-refractivity contribution in [3.8, 4) is 0 Å². The van der Waals surface area contributed by atoms with Crippen LogP contribution in [0.25, 0.3) is 0 Å². The van der Waals surface area contributed by atoms with Gasteiger partial charge in [0.2, 0.25) is 0 Å². The monoisotopic (exact) mass is 297 g/mol. The topological polar surface area (TPSA) is 38.1 Å². The standard InChI is InChI=1S/C15H24ClN3O/c1-11(2)10-19-9-8-17-14(15(19)20)18(3)13-7-5-4-6-12(13)16/h8-9,11-13H,4-7,10H2,1-3H3. The van der Waals surface area contributed by atoms with Gasteiger partial charge in [-0.3, -0.25) is 4.79 Å². The molecule has 1 aliphatic rings. The maximum Gasteiger partial charge on any atom is 0.293 e. The first-order chi connectivity index (χ1) is 9.50. The average Bonchev–Trinajstić information content (AvgIpc) is 2.40. The van der Waals surface area contributed by atoms with Gasteiger partial charge in [-0.15, -0.1) is 11.6 Å². The van der Waals surface area contributed by atoms with Gasteiger partial charge in [0.25, 0.3) is 5.56 Å². The van der Waals surface area contributed by atoms with Gasteiger partial charge in [0.15, 0.2) is 5.82 Å². The fourth-order valence-electron chi connectivity index (χ4n) is 2.87. The Morgan fingerprint density at radius 3 is 2.80 bits per heavy atom.